The molecule has 0 aliphatic carbocycles. The Morgan fingerprint density at radius 2 is 0.559 bits per heavy atom. The Balaban J connectivity index is 4.82. The molecule has 0 saturated heterocycles. The van der Waals surface area contributed by atoms with Crippen molar-refractivity contribution in [2.45, 2.75) is 118 Å². The Labute approximate surface area is 220 Å². The molecule has 0 fully saturated rings. The normalized spacial score (nSPS) is 13.7. The molecule has 1 rings (SSSR count). The molecule has 0 radical (unpaired) electrons. The molecular weight excluding hydrogens is 505 g/mol. The topological polar surface area (TPSA) is 0 Å². The molecule has 0 bridgehead atoms. The lowest BCUT2D eigenvalue weighted by Gasteiger charge is -2.40. The molecule has 0 atom stereocenters. The van der Waals surface area contributed by atoms with Gasteiger partial charge < -0.3 is 0 Å². The van der Waals surface area contributed by atoms with Gasteiger partial charge in [0.15, 0.2) is 0 Å². The van der Waals surface area contributed by atoms with Crippen LogP contribution in [0.3, 0.4) is 0 Å². The second-order valence-electron chi connectivity index (χ2n) is 16.2. The van der Waals surface area contributed by atoms with Crippen LogP contribution in [0.4, 0.5) is 0 Å². The van der Waals surface area contributed by atoms with Crippen LogP contribution in [-0.2, 0) is 0 Å². The van der Waals surface area contributed by atoms with E-state index in [1.807, 2.05) is 0 Å². The Morgan fingerprint density at radius 3 is 0.735 bits per heavy atom. The molecule has 1 aromatic carbocycles. The molecule has 0 heterocycles. The van der Waals surface area contributed by atoms with Crippen molar-refractivity contribution in [3.05, 3.63) is 11.1 Å². The fraction of sp³-hybridized carbons (Fsp3) is 0.643. The van der Waals surface area contributed by atoms with Gasteiger partial charge in [-0.2, -0.15) is 0 Å². The molecule has 1 aromatic rings. The van der Waals surface area contributed by atoms with Crippen LogP contribution in [0.25, 0.3) is 0 Å². The Hall–Kier alpha value is -0.359. The summed E-state index contributed by atoms with van der Waals surface area (Å²) in [5.74, 6) is 7.85. The zero-order chi connectivity index (χ0) is 27.3. The summed E-state index contributed by atoms with van der Waals surface area (Å²) in [6.07, 6.45) is 0. The summed E-state index contributed by atoms with van der Waals surface area (Å²) >= 11 is 0. The van der Waals surface area contributed by atoms with Crippen LogP contribution in [0.2, 0.25) is 118 Å². The van der Waals surface area contributed by atoms with Crippen molar-refractivity contribution in [1.82, 2.24) is 0 Å². The van der Waals surface area contributed by atoms with Crippen molar-refractivity contribution >= 4 is 69.2 Å². The van der Waals surface area contributed by atoms with Crippen molar-refractivity contribution in [1.29, 1.82) is 0 Å². The minimum absolute atomic E-state index is 1.43. The molecule has 0 amide bonds. The summed E-state index contributed by atoms with van der Waals surface area (Å²) in [6, 6.07) is 0. The molecule has 0 N–H and O–H groups in total. The SMILES string of the molecule is C[Si](C)(C)C#Cc1c([Si](C)(C)C)c(C#C[Si](C)(C)C)c([Si](C)(C)C)c([Si](C)(C)C)c1[Si](C)(C)C. The van der Waals surface area contributed by atoms with Gasteiger partial charge in [0, 0.05) is 11.1 Å². The molecule has 0 aliphatic heterocycles. The monoisotopic (exact) mass is 558 g/mol. The number of hydrogen-bond acceptors (Lipinski definition) is 0. The van der Waals surface area contributed by atoms with Crippen molar-refractivity contribution in [2.24, 2.45) is 0 Å². The first-order valence-electron chi connectivity index (χ1n) is 13.0. The molecule has 0 saturated carbocycles. The molecule has 0 unspecified atom stereocenters. The second-order valence-corrected chi connectivity index (χ2v) is 45.8. The highest BCUT2D eigenvalue weighted by Gasteiger charge is 2.41. The van der Waals surface area contributed by atoms with Crippen LogP contribution in [0.5, 0.6) is 0 Å². The predicted molar refractivity (Wildman–Crippen MR) is 179 cm³/mol. The highest BCUT2D eigenvalue weighted by Crippen LogP contribution is 2.19. The summed E-state index contributed by atoms with van der Waals surface area (Å²) in [4.78, 5) is 0. The van der Waals surface area contributed by atoms with Gasteiger partial charge in [0.25, 0.3) is 0 Å². The Kier molecular flexibility index (Phi) is 9.16. The van der Waals surface area contributed by atoms with E-state index in [9.17, 15) is 0 Å². The van der Waals surface area contributed by atoms with Gasteiger partial charge in [0.05, 0.1) is 32.3 Å². The van der Waals surface area contributed by atoms with Crippen molar-refractivity contribution in [3.8, 4) is 22.9 Å². The third-order valence-electron chi connectivity index (χ3n) is 5.62. The highest BCUT2D eigenvalue weighted by atomic mass is 28.3. The maximum Gasteiger partial charge on any atom is 0.129 e. The number of benzene rings is 1. The quantitative estimate of drug-likeness (QED) is 0.299. The lowest BCUT2D eigenvalue weighted by molar-refractivity contribution is 1.59. The van der Waals surface area contributed by atoms with Crippen molar-refractivity contribution in [3.63, 3.8) is 0 Å². The fourth-order valence-electron chi connectivity index (χ4n) is 4.50. The van der Waals surface area contributed by atoms with Gasteiger partial charge >= 0.3 is 0 Å². The van der Waals surface area contributed by atoms with E-state index in [0.717, 1.165) is 0 Å². The maximum atomic E-state index is 3.93. The molecular formula is C28H54Si6. The molecule has 0 aromatic heterocycles. The summed E-state index contributed by atoms with van der Waals surface area (Å²) < 4.78 is 0. The van der Waals surface area contributed by atoms with E-state index >= 15 is 0 Å². The summed E-state index contributed by atoms with van der Waals surface area (Å²) in [6.45, 7) is 44.9. The largest absolute Gasteiger partial charge is 0.129 e. The molecule has 190 valence electrons. The van der Waals surface area contributed by atoms with E-state index in [1.54, 1.807) is 20.7 Å². The van der Waals surface area contributed by atoms with E-state index in [2.05, 4.69) is 141 Å². The summed E-state index contributed by atoms with van der Waals surface area (Å²) in [5.41, 5.74) is 10.5. The van der Waals surface area contributed by atoms with E-state index < -0.39 is 48.4 Å². The van der Waals surface area contributed by atoms with Gasteiger partial charge in [-0.3, -0.25) is 0 Å². The molecule has 0 aliphatic rings. The third kappa shape index (κ3) is 8.35. The molecule has 6 heteroatoms. The molecule has 0 nitrogen and oxygen atoms in total. The van der Waals surface area contributed by atoms with Gasteiger partial charge in [-0.15, -0.1) is 11.1 Å². The lowest BCUT2D eigenvalue weighted by atomic mass is 10.1. The van der Waals surface area contributed by atoms with Crippen LogP contribution < -0.4 is 20.7 Å². The molecule has 0 spiro atoms. The standard InChI is InChI=1S/C28H54Si6/c1-29(2,3)21-19-23-25(31(7,8)9)24(20-22-30(4,5)6)27(33(13,14)15)28(34(16,17)18)26(23)32(10,11)12/h1-18H3. The van der Waals surface area contributed by atoms with E-state index in [4.69, 9.17) is 0 Å². The first kappa shape index (κ1) is 31.7. The van der Waals surface area contributed by atoms with Gasteiger partial charge in [0.1, 0.15) is 16.1 Å². The zero-order valence-electron chi connectivity index (χ0n) is 26.0. The van der Waals surface area contributed by atoms with Crippen molar-refractivity contribution < 1.29 is 0 Å². The summed E-state index contributed by atoms with van der Waals surface area (Å²) in [7, 11) is -9.80. The smallest absolute Gasteiger partial charge is 0.127 e. The van der Waals surface area contributed by atoms with Gasteiger partial charge in [0.2, 0.25) is 0 Å². The lowest BCUT2D eigenvalue weighted by Crippen LogP contribution is -2.71. The Bertz CT molecular complexity index is 976. The van der Waals surface area contributed by atoms with E-state index in [-0.39, 0.29) is 0 Å². The predicted octanol–water partition coefficient (Wildman–Crippen LogP) is 6.33. The van der Waals surface area contributed by atoms with Gasteiger partial charge in [-0.25, -0.2) is 0 Å². The summed E-state index contributed by atoms with van der Waals surface area (Å²) in [5, 5.41) is 6.73. The minimum Gasteiger partial charge on any atom is -0.127 e. The molecule has 34 heavy (non-hydrogen) atoms. The first-order valence-corrected chi connectivity index (χ1v) is 34.0. The van der Waals surface area contributed by atoms with Gasteiger partial charge in [-0.05, 0) is 15.6 Å². The average Bonchev–Trinajstić information content (AvgIpc) is 2.51. The van der Waals surface area contributed by atoms with E-state index in [0.29, 0.717) is 0 Å². The average molecular weight is 559 g/mol. The third-order valence-corrected chi connectivity index (χ3v) is 15.9. The van der Waals surface area contributed by atoms with Crippen LogP contribution >= 0.6 is 0 Å². The number of rotatable bonds is 4. The van der Waals surface area contributed by atoms with Crippen LogP contribution in [0.15, 0.2) is 0 Å². The van der Waals surface area contributed by atoms with Crippen LogP contribution in [0.1, 0.15) is 11.1 Å². The van der Waals surface area contributed by atoms with E-state index in [1.165, 1.54) is 11.1 Å². The zero-order valence-corrected chi connectivity index (χ0v) is 32.0. The maximum absolute atomic E-state index is 3.93. The Morgan fingerprint density at radius 1 is 0.324 bits per heavy atom. The second kappa shape index (κ2) is 9.84. The first-order chi connectivity index (χ1) is 14.7. The van der Waals surface area contributed by atoms with Crippen LogP contribution in [-0.4, -0.2) is 48.4 Å². The van der Waals surface area contributed by atoms with Gasteiger partial charge in [-0.1, -0.05) is 135 Å². The number of hydrogen-bond donors (Lipinski definition) is 0. The highest BCUT2D eigenvalue weighted by molar-refractivity contribution is 7.05. The van der Waals surface area contributed by atoms with Crippen LogP contribution in [0, 0.1) is 22.9 Å². The van der Waals surface area contributed by atoms with Crippen molar-refractivity contribution in [2.75, 3.05) is 0 Å². The fourth-order valence-corrected chi connectivity index (χ4v) is 17.6. The minimum atomic E-state index is -1.73.